The van der Waals surface area contributed by atoms with Crippen molar-refractivity contribution in [3.8, 4) is 11.3 Å². The van der Waals surface area contributed by atoms with E-state index >= 15 is 0 Å². The van der Waals surface area contributed by atoms with Gasteiger partial charge in [0.15, 0.2) is 10.7 Å². The Morgan fingerprint density at radius 2 is 1.86 bits per heavy atom. The fourth-order valence-electron chi connectivity index (χ4n) is 2.49. The van der Waals surface area contributed by atoms with Crippen molar-refractivity contribution in [2.24, 2.45) is 0 Å². The van der Waals surface area contributed by atoms with E-state index in [0.717, 1.165) is 5.56 Å². The molecule has 8 nitrogen and oxygen atoms in total. The van der Waals surface area contributed by atoms with Crippen LogP contribution in [0.25, 0.3) is 11.3 Å². The molecular weight excluding hydrogens is 382 g/mol. The Balaban J connectivity index is 2.02. The van der Waals surface area contributed by atoms with Gasteiger partial charge in [0, 0.05) is 23.4 Å². The Hall–Kier alpha value is -3.46. The lowest BCUT2D eigenvalue weighted by Crippen LogP contribution is -2.22. The van der Waals surface area contributed by atoms with Gasteiger partial charge in [0.2, 0.25) is 0 Å². The maximum absolute atomic E-state index is 12.5. The van der Waals surface area contributed by atoms with Gasteiger partial charge in [-0.3, -0.25) is 14.9 Å². The third-order valence-corrected chi connectivity index (χ3v) is 4.80. The van der Waals surface area contributed by atoms with Crippen molar-refractivity contribution in [3.63, 3.8) is 0 Å². The van der Waals surface area contributed by atoms with E-state index in [1.54, 1.807) is 0 Å². The van der Waals surface area contributed by atoms with E-state index < -0.39 is 16.5 Å². The first-order chi connectivity index (χ1) is 13.5. The maximum Gasteiger partial charge on any atom is 0.345 e. The third-order valence-electron chi connectivity index (χ3n) is 3.86. The molecule has 0 radical (unpaired) electrons. The molecule has 1 aromatic heterocycles. The minimum Gasteiger partial charge on any atom is -0.465 e. The van der Waals surface area contributed by atoms with Gasteiger partial charge in [-0.05, 0) is 17.7 Å². The Labute approximate surface area is 163 Å². The van der Waals surface area contributed by atoms with Crippen LogP contribution in [0.2, 0.25) is 0 Å². The first-order valence-electron chi connectivity index (χ1n) is 8.13. The number of benzene rings is 2. The first-order valence-corrected chi connectivity index (χ1v) is 9.12. The van der Waals surface area contributed by atoms with E-state index in [1.165, 1.54) is 43.1 Å². The average Bonchev–Trinajstić information content (AvgIpc) is 2.72. The lowest BCUT2D eigenvalue weighted by Gasteiger charge is -2.09. The van der Waals surface area contributed by atoms with Crippen LogP contribution in [0.3, 0.4) is 0 Å². The van der Waals surface area contributed by atoms with Gasteiger partial charge in [0.1, 0.15) is 0 Å². The van der Waals surface area contributed by atoms with Crippen LogP contribution < -0.4 is 5.56 Å². The number of carbonyl (C=O) groups excluding carboxylic acids is 1. The lowest BCUT2D eigenvalue weighted by atomic mass is 10.1. The van der Waals surface area contributed by atoms with E-state index in [2.05, 4.69) is 9.97 Å². The normalized spacial score (nSPS) is 10.5. The van der Waals surface area contributed by atoms with Crippen LogP contribution in [-0.4, -0.2) is 28.0 Å². The number of carbonyl (C=O) groups is 1. The smallest absolute Gasteiger partial charge is 0.345 e. The van der Waals surface area contributed by atoms with Crippen LogP contribution in [0.4, 0.5) is 5.69 Å². The Kier molecular flexibility index (Phi) is 5.85. The number of thioether (sulfide) groups is 1. The summed E-state index contributed by atoms with van der Waals surface area (Å²) in [4.78, 5) is 41.9. The van der Waals surface area contributed by atoms with Crippen molar-refractivity contribution in [2.45, 2.75) is 10.9 Å². The van der Waals surface area contributed by atoms with Gasteiger partial charge < -0.3 is 9.72 Å². The van der Waals surface area contributed by atoms with Crippen molar-refractivity contribution in [1.82, 2.24) is 9.97 Å². The molecule has 2 aromatic carbocycles. The number of rotatable bonds is 6. The van der Waals surface area contributed by atoms with E-state index in [-0.39, 0.29) is 16.9 Å². The van der Waals surface area contributed by atoms with Crippen LogP contribution in [0.1, 0.15) is 15.9 Å². The zero-order valence-corrected chi connectivity index (χ0v) is 15.6. The molecule has 9 heteroatoms. The van der Waals surface area contributed by atoms with Gasteiger partial charge in [0.05, 0.1) is 17.7 Å². The molecule has 0 spiro atoms. The molecule has 0 amide bonds. The summed E-state index contributed by atoms with van der Waals surface area (Å²) in [5.74, 6) is -0.261. The highest BCUT2D eigenvalue weighted by atomic mass is 32.2. The zero-order chi connectivity index (χ0) is 20.1. The van der Waals surface area contributed by atoms with Crippen LogP contribution in [0, 0.1) is 10.1 Å². The number of hydrogen-bond donors (Lipinski definition) is 1. The number of nitro benzene ring substituents is 1. The second-order valence-corrected chi connectivity index (χ2v) is 6.63. The number of non-ortho nitro benzene ring substituents is 1. The molecular formula is C19H15N3O5S. The monoisotopic (exact) mass is 397 g/mol. The fourth-order valence-corrected chi connectivity index (χ4v) is 3.30. The second kappa shape index (κ2) is 8.49. The first kappa shape index (κ1) is 19.3. The maximum atomic E-state index is 12.5. The standard InChI is InChI=1S/C19H15N3O5S/c1-27-18(24)15-16(13-7-9-14(10-8-13)22(25)26)20-19(21-17(15)23)28-11-12-5-3-2-4-6-12/h2-10H,11H2,1H3,(H,20,21,23). The van der Waals surface area contributed by atoms with Gasteiger partial charge in [-0.2, -0.15) is 0 Å². The number of ether oxygens (including phenoxy) is 1. The largest absolute Gasteiger partial charge is 0.465 e. The summed E-state index contributed by atoms with van der Waals surface area (Å²) in [7, 11) is 1.17. The number of nitrogens with one attached hydrogen (secondary N) is 1. The second-order valence-electron chi connectivity index (χ2n) is 5.66. The van der Waals surface area contributed by atoms with Crippen LogP contribution in [-0.2, 0) is 10.5 Å². The quantitative estimate of drug-likeness (QED) is 0.223. The highest BCUT2D eigenvalue weighted by Crippen LogP contribution is 2.26. The van der Waals surface area contributed by atoms with Crippen molar-refractivity contribution >= 4 is 23.4 Å². The highest BCUT2D eigenvalue weighted by molar-refractivity contribution is 7.98. The van der Waals surface area contributed by atoms with Gasteiger partial charge in [-0.15, -0.1) is 0 Å². The number of hydrogen-bond acceptors (Lipinski definition) is 7. The predicted octanol–water partition coefficient (Wildman–Crippen LogP) is 3.42. The Morgan fingerprint density at radius 1 is 1.18 bits per heavy atom. The molecule has 0 unspecified atom stereocenters. The van der Waals surface area contributed by atoms with Gasteiger partial charge in [-0.25, -0.2) is 9.78 Å². The van der Waals surface area contributed by atoms with Crippen molar-refractivity contribution < 1.29 is 14.5 Å². The minimum atomic E-state index is -0.832. The van der Waals surface area contributed by atoms with E-state index in [4.69, 9.17) is 4.74 Å². The summed E-state index contributed by atoms with van der Waals surface area (Å²) in [6.45, 7) is 0. The molecule has 0 bridgehead atoms. The number of aromatic nitrogens is 2. The Bertz CT molecular complexity index is 1070. The number of nitro groups is 1. The molecule has 0 saturated heterocycles. The van der Waals surface area contributed by atoms with Crippen LogP contribution in [0.5, 0.6) is 0 Å². The molecule has 1 heterocycles. The summed E-state index contributed by atoms with van der Waals surface area (Å²) < 4.78 is 4.70. The number of methoxy groups -OCH3 is 1. The molecule has 0 aliphatic rings. The van der Waals surface area contributed by atoms with Crippen molar-refractivity contribution in [1.29, 1.82) is 0 Å². The van der Waals surface area contributed by atoms with E-state index in [9.17, 15) is 19.7 Å². The van der Waals surface area contributed by atoms with Crippen LogP contribution >= 0.6 is 11.8 Å². The Morgan fingerprint density at radius 3 is 2.46 bits per heavy atom. The average molecular weight is 397 g/mol. The molecule has 0 aliphatic carbocycles. The van der Waals surface area contributed by atoms with Gasteiger partial charge in [0.25, 0.3) is 11.2 Å². The zero-order valence-electron chi connectivity index (χ0n) is 14.7. The topological polar surface area (TPSA) is 115 Å². The molecule has 0 atom stereocenters. The summed E-state index contributed by atoms with van der Waals surface area (Å²) in [5, 5.41) is 11.2. The number of aromatic amines is 1. The third kappa shape index (κ3) is 4.26. The van der Waals surface area contributed by atoms with Gasteiger partial charge >= 0.3 is 5.97 Å². The molecule has 0 aliphatic heterocycles. The molecule has 1 N–H and O–H groups in total. The van der Waals surface area contributed by atoms with Gasteiger partial charge in [-0.1, -0.05) is 42.1 Å². The van der Waals surface area contributed by atoms with E-state index in [0.29, 0.717) is 16.5 Å². The highest BCUT2D eigenvalue weighted by Gasteiger charge is 2.21. The molecule has 3 aromatic rings. The van der Waals surface area contributed by atoms with Crippen molar-refractivity contribution in [3.05, 3.63) is 86.2 Å². The predicted molar refractivity (Wildman–Crippen MR) is 104 cm³/mol. The summed E-state index contributed by atoms with van der Waals surface area (Å²) in [6.07, 6.45) is 0. The molecule has 0 fully saturated rings. The van der Waals surface area contributed by atoms with Crippen molar-refractivity contribution in [2.75, 3.05) is 7.11 Å². The summed E-state index contributed by atoms with van der Waals surface area (Å²) in [6, 6.07) is 15.1. The summed E-state index contributed by atoms with van der Waals surface area (Å²) >= 11 is 1.31. The van der Waals surface area contributed by atoms with E-state index in [1.807, 2.05) is 30.3 Å². The number of nitrogens with zero attached hydrogens (tertiary/aromatic N) is 2. The molecule has 0 saturated carbocycles. The number of esters is 1. The number of H-pyrrole nitrogens is 1. The molecule has 142 valence electrons. The lowest BCUT2D eigenvalue weighted by molar-refractivity contribution is -0.384. The minimum absolute atomic E-state index is 0.105. The van der Waals surface area contributed by atoms with Crippen LogP contribution in [0.15, 0.2) is 64.5 Å². The summed E-state index contributed by atoms with van der Waals surface area (Å²) in [5.41, 5.74) is 0.571. The molecule has 28 heavy (non-hydrogen) atoms. The fraction of sp³-hybridized carbons (Fsp3) is 0.105. The molecule has 3 rings (SSSR count). The SMILES string of the molecule is COC(=O)c1c(-c2ccc([N+](=O)[O-])cc2)nc(SCc2ccccc2)[nH]c1=O.